The lowest BCUT2D eigenvalue weighted by molar-refractivity contribution is -0.135. The molecule has 1 aromatic rings. The number of carbonyl (C=O) groups excluding carboxylic acids is 1. The summed E-state index contributed by atoms with van der Waals surface area (Å²) in [5.74, 6) is 1.05. The SMILES string of the molecule is O=C([C@H]1C[C@@H]1c1cccc(Br)c1)N1CCN(C2CCC2)CC1. The van der Waals surface area contributed by atoms with Crippen LogP contribution in [0.2, 0.25) is 0 Å². The zero-order valence-electron chi connectivity index (χ0n) is 12.9. The van der Waals surface area contributed by atoms with Gasteiger partial charge in [0.1, 0.15) is 0 Å². The Hall–Kier alpha value is -0.870. The van der Waals surface area contributed by atoms with E-state index in [9.17, 15) is 4.79 Å². The third-order valence-corrected chi connectivity index (χ3v) is 6.09. The van der Waals surface area contributed by atoms with Gasteiger partial charge < -0.3 is 4.90 Å². The molecule has 0 N–H and O–H groups in total. The van der Waals surface area contributed by atoms with Gasteiger partial charge in [-0.3, -0.25) is 9.69 Å². The molecule has 2 aliphatic carbocycles. The molecule has 0 bridgehead atoms. The fraction of sp³-hybridized carbons (Fsp3) is 0.611. The number of halogens is 1. The van der Waals surface area contributed by atoms with Gasteiger partial charge in [-0.15, -0.1) is 0 Å². The maximum Gasteiger partial charge on any atom is 0.226 e. The number of nitrogens with zero attached hydrogens (tertiary/aromatic N) is 2. The van der Waals surface area contributed by atoms with Crippen molar-refractivity contribution in [2.75, 3.05) is 26.2 Å². The molecule has 3 fully saturated rings. The Kier molecular flexibility index (Phi) is 3.99. The van der Waals surface area contributed by atoms with E-state index in [2.05, 4.69) is 43.9 Å². The molecule has 1 heterocycles. The van der Waals surface area contributed by atoms with Crippen LogP contribution in [-0.2, 0) is 4.79 Å². The van der Waals surface area contributed by atoms with E-state index >= 15 is 0 Å². The summed E-state index contributed by atoms with van der Waals surface area (Å²) in [5, 5.41) is 0. The lowest BCUT2D eigenvalue weighted by Crippen LogP contribution is -2.53. The van der Waals surface area contributed by atoms with Crippen molar-refractivity contribution in [2.45, 2.75) is 37.6 Å². The molecule has 0 spiro atoms. The molecule has 3 nitrogen and oxygen atoms in total. The monoisotopic (exact) mass is 362 g/mol. The zero-order chi connectivity index (χ0) is 15.1. The molecule has 2 atom stereocenters. The minimum Gasteiger partial charge on any atom is -0.340 e. The molecule has 1 amide bonds. The topological polar surface area (TPSA) is 23.6 Å². The molecule has 1 saturated heterocycles. The van der Waals surface area contributed by atoms with Crippen LogP contribution in [0, 0.1) is 5.92 Å². The fourth-order valence-electron chi connectivity index (χ4n) is 3.87. The largest absolute Gasteiger partial charge is 0.340 e. The summed E-state index contributed by atoms with van der Waals surface area (Å²) >= 11 is 3.52. The van der Waals surface area contributed by atoms with E-state index in [1.54, 1.807) is 0 Å². The Labute approximate surface area is 140 Å². The Bertz CT molecular complexity index is 564. The van der Waals surface area contributed by atoms with Crippen LogP contribution < -0.4 is 0 Å². The van der Waals surface area contributed by atoms with Crippen molar-refractivity contribution in [1.82, 2.24) is 9.80 Å². The first kappa shape index (κ1) is 14.7. The molecule has 1 aromatic carbocycles. The maximum atomic E-state index is 12.7. The van der Waals surface area contributed by atoms with E-state index in [1.165, 1.54) is 24.8 Å². The molecule has 1 aliphatic heterocycles. The fourth-order valence-corrected chi connectivity index (χ4v) is 4.28. The van der Waals surface area contributed by atoms with Crippen molar-refractivity contribution >= 4 is 21.8 Å². The number of amides is 1. The molecule has 22 heavy (non-hydrogen) atoms. The molecule has 118 valence electrons. The van der Waals surface area contributed by atoms with E-state index < -0.39 is 0 Å². The van der Waals surface area contributed by atoms with Crippen LogP contribution in [0.5, 0.6) is 0 Å². The third kappa shape index (κ3) is 2.83. The van der Waals surface area contributed by atoms with Crippen LogP contribution in [0.1, 0.15) is 37.2 Å². The van der Waals surface area contributed by atoms with E-state index in [1.807, 2.05) is 6.07 Å². The summed E-state index contributed by atoms with van der Waals surface area (Å²) in [4.78, 5) is 17.4. The Morgan fingerprint density at radius 2 is 1.91 bits per heavy atom. The normalized spacial score (nSPS) is 29.2. The number of piperazine rings is 1. The highest BCUT2D eigenvalue weighted by atomic mass is 79.9. The highest BCUT2D eigenvalue weighted by Gasteiger charge is 2.46. The van der Waals surface area contributed by atoms with Crippen LogP contribution in [0.3, 0.4) is 0 Å². The average Bonchev–Trinajstić information content (AvgIpc) is 3.26. The van der Waals surface area contributed by atoms with Gasteiger partial charge in [0, 0.05) is 42.6 Å². The Morgan fingerprint density at radius 3 is 2.55 bits per heavy atom. The highest BCUT2D eigenvalue weighted by molar-refractivity contribution is 9.10. The molecule has 2 saturated carbocycles. The van der Waals surface area contributed by atoms with Crippen molar-refractivity contribution in [2.24, 2.45) is 5.92 Å². The smallest absolute Gasteiger partial charge is 0.226 e. The number of rotatable bonds is 3. The van der Waals surface area contributed by atoms with E-state index in [0.29, 0.717) is 11.8 Å². The van der Waals surface area contributed by atoms with Gasteiger partial charge in [0.2, 0.25) is 5.91 Å². The molecule has 3 aliphatic rings. The summed E-state index contributed by atoms with van der Waals surface area (Å²) in [6.07, 6.45) is 5.14. The molecular weight excluding hydrogens is 340 g/mol. The minimum absolute atomic E-state index is 0.226. The quantitative estimate of drug-likeness (QED) is 0.823. The Morgan fingerprint density at radius 1 is 1.14 bits per heavy atom. The van der Waals surface area contributed by atoms with Crippen molar-refractivity contribution in [3.63, 3.8) is 0 Å². The second-order valence-corrected chi connectivity index (χ2v) is 7.87. The predicted molar refractivity (Wildman–Crippen MR) is 90.8 cm³/mol. The summed E-state index contributed by atoms with van der Waals surface area (Å²) < 4.78 is 1.11. The first-order chi connectivity index (χ1) is 10.7. The second-order valence-electron chi connectivity index (χ2n) is 6.95. The van der Waals surface area contributed by atoms with Crippen LogP contribution in [0.15, 0.2) is 28.7 Å². The van der Waals surface area contributed by atoms with Gasteiger partial charge in [0.15, 0.2) is 0 Å². The van der Waals surface area contributed by atoms with E-state index in [4.69, 9.17) is 0 Å². The first-order valence-electron chi connectivity index (χ1n) is 8.50. The number of hydrogen-bond donors (Lipinski definition) is 0. The number of hydrogen-bond acceptors (Lipinski definition) is 2. The lowest BCUT2D eigenvalue weighted by atomic mass is 9.91. The van der Waals surface area contributed by atoms with Gasteiger partial charge >= 0.3 is 0 Å². The summed E-state index contributed by atoms with van der Waals surface area (Å²) in [6, 6.07) is 9.23. The zero-order valence-corrected chi connectivity index (χ0v) is 14.5. The average molecular weight is 363 g/mol. The van der Waals surface area contributed by atoms with Gasteiger partial charge in [-0.05, 0) is 42.9 Å². The van der Waals surface area contributed by atoms with Crippen LogP contribution in [0.4, 0.5) is 0 Å². The second kappa shape index (κ2) is 5.97. The van der Waals surface area contributed by atoms with Gasteiger partial charge in [0.25, 0.3) is 0 Å². The molecule has 4 rings (SSSR count). The van der Waals surface area contributed by atoms with Gasteiger partial charge in [-0.25, -0.2) is 0 Å². The van der Waals surface area contributed by atoms with Crippen molar-refractivity contribution < 1.29 is 4.79 Å². The Balaban J connectivity index is 1.32. The molecule has 0 radical (unpaired) electrons. The van der Waals surface area contributed by atoms with Crippen LogP contribution in [-0.4, -0.2) is 47.9 Å². The highest BCUT2D eigenvalue weighted by Crippen LogP contribution is 2.49. The summed E-state index contributed by atoms with van der Waals surface area (Å²) in [7, 11) is 0. The van der Waals surface area contributed by atoms with Crippen LogP contribution in [0.25, 0.3) is 0 Å². The number of carbonyl (C=O) groups is 1. The van der Waals surface area contributed by atoms with Gasteiger partial charge in [-0.2, -0.15) is 0 Å². The van der Waals surface area contributed by atoms with Crippen LogP contribution >= 0.6 is 15.9 Å². The molecule has 0 unspecified atom stereocenters. The van der Waals surface area contributed by atoms with Crippen molar-refractivity contribution in [3.8, 4) is 0 Å². The standard InChI is InChI=1S/C18H23BrN2O/c19-14-4-1-3-13(11-14)16-12-17(16)18(22)21-9-7-20(8-10-21)15-5-2-6-15/h1,3-4,11,15-17H,2,5-10,12H2/t16-,17+/m1/s1. The predicted octanol–water partition coefficient (Wildman–Crippen LogP) is 3.25. The molecule has 0 aromatic heterocycles. The van der Waals surface area contributed by atoms with E-state index in [0.717, 1.165) is 43.1 Å². The maximum absolute atomic E-state index is 12.7. The first-order valence-corrected chi connectivity index (χ1v) is 9.30. The van der Waals surface area contributed by atoms with Gasteiger partial charge in [0.05, 0.1) is 0 Å². The number of benzene rings is 1. The van der Waals surface area contributed by atoms with Crippen molar-refractivity contribution in [3.05, 3.63) is 34.3 Å². The third-order valence-electron chi connectivity index (χ3n) is 5.60. The van der Waals surface area contributed by atoms with Gasteiger partial charge in [-0.1, -0.05) is 34.5 Å². The van der Waals surface area contributed by atoms with E-state index in [-0.39, 0.29) is 5.92 Å². The summed E-state index contributed by atoms with van der Waals surface area (Å²) in [5.41, 5.74) is 1.31. The minimum atomic E-state index is 0.226. The summed E-state index contributed by atoms with van der Waals surface area (Å²) in [6.45, 7) is 4.00. The molecule has 4 heteroatoms. The van der Waals surface area contributed by atoms with Crippen molar-refractivity contribution in [1.29, 1.82) is 0 Å². The molecular formula is C18H23BrN2O. The lowest BCUT2D eigenvalue weighted by Gasteiger charge is -2.43.